The second-order valence-electron chi connectivity index (χ2n) is 4.67. The topological polar surface area (TPSA) is 61.8 Å². The molecule has 1 fully saturated rings. The molecule has 5 nitrogen and oxygen atoms in total. The molecule has 1 aromatic rings. The minimum atomic E-state index is -0.503. The van der Waals surface area contributed by atoms with E-state index in [0.717, 1.165) is 5.75 Å². The maximum atomic E-state index is 12.3. The molecule has 1 aliphatic rings. The third kappa shape index (κ3) is 3.05. The Kier molecular flexibility index (Phi) is 4.39. The lowest BCUT2D eigenvalue weighted by Gasteiger charge is -2.26. The number of nitrogens with one attached hydrogen (secondary N) is 1. The quantitative estimate of drug-likeness (QED) is 0.831. The largest absolute Gasteiger partial charge is 0.494 e. The highest BCUT2D eigenvalue weighted by molar-refractivity contribution is 5.94. The van der Waals surface area contributed by atoms with Crippen molar-refractivity contribution in [2.75, 3.05) is 26.7 Å². The molecule has 19 heavy (non-hydrogen) atoms. The molecule has 0 aliphatic carbocycles. The van der Waals surface area contributed by atoms with E-state index in [1.807, 2.05) is 6.92 Å². The third-order valence-corrected chi connectivity index (χ3v) is 3.38. The summed E-state index contributed by atoms with van der Waals surface area (Å²) in [4.78, 5) is 13.9. The maximum Gasteiger partial charge on any atom is 0.253 e. The highest BCUT2D eigenvalue weighted by Crippen LogP contribution is 2.16. The number of rotatable bonds is 4. The average Bonchev–Trinajstić information content (AvgIpc) is 2.84. The normalized spacial score (nSPS) is 22.3. The molecule has 1 heterocycles. The molecule has 104 valence electrons. The van der Waals surface area contributed by atoms with Crippen LogP contribution in [0.3, 0.4) is 0 Å². The van der Waals surface area contributed by atoms with E-state index in [0.29, 0.717) is 25.3 Å². The molecule has 0 spiro atoms. The summed E-state index contributed by atoms with van der Waals surface area (Å²) in [6, 6.07) is 6.90. The van der Waals surface area contributed by atoms with E-state index in [9.17, 15) is 9.90 Å². The minimum Gasteiger partial charge on any atom is -0.494 e. The molecule has 0 radical (unpaired) electrons. The monoisotopic (exact) mass is 264 g/mol. The summed E-state index contributed by atoms with van der Waals surface area (Å²) in [6.45, 7) is 3.68. The first-order valence-electron chi connectivity index (χ1n) is 6.52. The van der Waals surface area contributed by atoms with E-state index in [2.05, 4.69) is 5.32 Å². The van der Waals surface area contributed by atoms with Crippen molar-refractivity contribution in [1.82, 2.24) is 10.2 Å². The van der Waals surface area contributed by atoms with Crippen LogP contribution in [0.15, 0.2) is 24.3 Å². The van der Waals surface area contributed by atoms with Gasteiger partial charge in [-0.25, -0.2) is 0 Å². The lowest BCUT2D eigenvalue weighted by molar-refractivity contribution is 0.0581. The Balaban J connectivity index is 2.06. The van der Waals surface area contributed by atoms with Gasteiger partial charge in [0.1, 0.15) is 5.75 Å². The molecule has 1 amide bonds. The van der Waals surface area contributed by atoms with Crippen LogP contribution in [-0.2, 0) is 0 Å². The Labute approximate surface area is 113 Å². The Hall–Kier alpha value is -1.59. The van der Waals surface area contributed by atoms with E-state index in [1.165, 1.54) is 0 Å². The summed E-state index contributed by atoms with van der Waals surface area (Å²) in [5.41, 5.74) is 0.602. The predicted octanol–water partition coefficient (Wildman–Crippen LogP) is 0.490. The number of aliphatic hydroxyl groups excluding tert-OH is 1. The van der Waals surface area contributed by atoms with E-state index < -0.39 is 6.10 Å². The fraction of sp³-hybridized carbons (Fsp3) is 0.500. The number of β-amino-alcohol motifs (C(OH)–C–C–N with tert-alkyl or cyclic N) is 1. The summed E-state index contributed by atoms with van der Waals surface area (Å²) in [7, 11) is 1.72. The molecule has 1 saturated heterocycles. The van der Waals surface area contributed by atoms with Gasteiger partial charge in [-0.15, -0.1) is 0 Å². The number of carbonyl (C=O) groups excluding carboxylic acids is 1. The van der Waals surface area contributed by atoms with Crippen molar-refractivity contribution >= 4 is 5.91 Å². The van der Waals surface area contributed by atoms with Gasteiger partial charge < -0.3 is 20.1 Å². The highest BCUT2D eigenvalue weighted by Gasteiger charge is 2.31. The first-order chi connectivity index (χ1) is 9.13. The summed E-state index contributed by atoms with van der Waals surface area (Å²) < 4.78 is 5.34. The van der Waals surface area contributed by atoms with Gasteiger partial charge in [0, 0.05) is 25.7 Å². The van der Waals surface area contributed by atoms with Crippen molar-refractivity contribution in [3.05, 3.63) is 29.8 Å². The smallest absolute Gasteiger partial charge is 0.253 e. The van der Waals surface area contributed by atoms with E-state index in [1.54, 1.807) is 36.2 Å². The predicted molar refractivity (Wildman–Crippen MR) is 72.4 cm³/mol. The molecule has 1 aliphatic heterocycles. The zero-order valence-corrected chi connectivity index (χ0v) is 11.3. The van der Waals surface area contributed by atoms with Gasteiger partial charge in [-0.1, -0.05) is 0 Å². The fourth-order valence-corrected chi connectivity index (χ4v) is 2.26. The van der Waals surface area contributed by atoms with E-state index >= 15 is 0 Å². The summed E-state index contributed by atoms with van der Waals surface area (Å²) in [6.07, 6.45) is -0.503. The van der Waals surface area contributed by atoms with Gasteiger partial charge in [0.05, 0.1) is 18.8 Å². The molecule has 1 aromatic carbocycles. The molecule has 5 heteroatoms. The van der Waals surface area contributed by atoms with Crippen LogP contribution in [0.4, 0.5) is 0 Å². The second-order valence-corrected chi connectivity index (χ2v) is 4.67. The van der Waals surface area contributed by atoms with Crippen LogP contribution < -0.4 is 10.1 Å². The molecule has 0 saturated carbocycles. The molecular formula is C14H20N2O3. The third-order valence-electron chi connectivity index (χ3n) is 3.38. The van der Waals surface area contributed by atoms with Gasteiger partial charge in [0.15, 0.2) is 0 Å². The van der Waals surface area contributed by atoms with E-state index in [-0.39, 0.29) is 11.9 Å². The zero-order chi connectivity index (χ0) is 13.8. The molecule has 0 bridgehead atoms. The summed E-state index contributed by atoms with van der Waals surface area (Å²) in [5.74, 6) is 0.667. The number of ether oxygens (including phenoxy) is 1. The maximum absolute atomic E-state index is 12.3. The first-order valence-corrected chi connectivity index (χ1v) is 6.52. The Bertz CT molecular complexity index is 433. The number of hydrogen-bond donors (Lipinski definition) is 2. The van der Waals surface area contributed by atoms with Crippen LogP contribution in [0.5, 0.6) is 5.75 Å². The first kappa shape index (κ1) is 13.8. The standard InChI is InChI=1S/C14H20N2O3/c1-3-19-11-6-4-10(5-7-11)14(18)16(2)12-8-15-9-13(12)17/h4-7,12-13,15,17H,3,8-9H2,1-2H3/t12-,13-/m1/s1. The van der Waals surface area contributed by atoms with Crippen molar-refractivity contribution in [1.29, 1.82) is 0 Å². The van der Waals surface area contributed by atoms with Crippen LogP contribution in [0.25, 0.3) is 0 Å². The number of amides is 1. The van der Waals surface area contributed by atoms with Gasteiger partial charge in [0.25, 0.3) is 5.91 Å². The Morgan fingerprint density at radius 1 is 1.42 bits per heavy atom. The SMILES string of the molecule is CCOc1ccc(C(=O)N(C)[C@@H]2CNC[C@H]2O)cc1. The van der Waals surface area contributed by atoms with Crippen molar-refractivity contribution in [2.45, 2.75) is 19.1 Å². The number of aliphatic hydroxyl groups is 1. The number of likely N-dealkylation sites (N-methyl/N-ethyl adjacent to an activating group) is 1. The van der Waals surface area contributed by atoms with Gasteiger partial charge in [-0.05, 0) is 31.2 Å². The molecule has 2 atom stereocenters. The van der Waals surface area contributed by atoms with Gasteiger partial charge in [0.2, 0.25) is 0 Å². The number of benzene rings is 1. The average molecular weight is 264 g/mol. The molecule has 2 N–H and O–H groups in total. The molecule has 2 rings (SSSR count). The van der Waals surface area contributed by atoms with Crippen LogP contribution in [0.1, 0.15) is 17.3 Å². The van der Waals surface area contributed by atoms with Crippen molar-refractivity contribution in [3.63, 3.8) is 0 Å². The Morgan fingerprint density at radius 2 is 2.11 bits per heavy atom. The molecular weight excluding hydrogens is 244 g/mol. The zero-order valence-electron chi connectivity index (χ0n) is 11.3. The lowest BCUT2D eigenvalue weighted by atomic mass is 10.1. The number of hydrogen-bond acceptors (Lipinski definition) is 4. The summed E-state index contributed by atoms with van der Waals surface area (Å²) in [5, 5.41) is 12.9. The second kappa shape index (κ2) is 6.04. The summed E-state index contributed by atoms with van der Waals surface area (Å²) >= 11 is 0. The van der Waals surface area contributed by atoms with Gasteiger partial charge in [-0.2, -0.15) is 0 Å². The van der Waals surface area contributed by atoms with Crippen LogP contribution in [-0.4, -0.2) is 54.8 Å². The van der Waals surface area contributed by atoms with Crippen molar-refractivity contribution < 1.29 is 14.6 Å². The van der Waals surface area contributed by atoms with Crippen LogP contribution >= 0.6 is 0 Å². The number of carbonyl (C=O) groups is 1. The van der Waals surface area contributed by atoms with Gasteiger partial charge in [-0.3, -0.25) is 4.79 Å². The molecule has 0 aromatic heterocycles. The van der Waals surface area contributed by atoms with Crippen molar-refractivity contribution in [2.24, 2.45) is 0 Å². The van der Waals surface area contributed by atoms with Crippen molar-refractivity contribution in [3.8, 4) is 5.75 Å². The van der Waals surface area contributed by atoms with Gasteiger partial charge >= 0.3 is 0 Å². The Morgan fingerprint density at radius 3 is 2.63 bits per heavy atom. The number of nitrogens with zero attached hydrogens (tertiary/aromatic N) is 1. The highest BCUT2D eigenvalue weighted by atomic mass is 16.5. The van der Waals surface area contributed by atoms with E-state index in [4.69, 9.17) is 4.74 Å². The minimum absolute atomic E-state index is 0.0872. The lowest BCUT2D eigenvalue weighted by Crippen LogP contribution is -2.44. The van der Waals surface area contributed by atoms with Crippen LogP contribution in [0.2, 0.25) is 0 Å². The van der Waals surface area contributed by atoms with Crippen LogP contribution in [0, 0.1) is 0 Å². The fourth-order valence-electron chi connectivity index (χ4n) is 2.26. The molecule has 0 unspecified atom stereocenters.